The number of para-hydroxylation sites is 1. The standard InChI is InChI=1S/C17H18N2OS/c20-17(15-7-3-11-21-15)18-14-8-10-19-9-2-5-12-4-1-6-13(14)16(12)19/h1,3-4,6-7,11,14H,2,5,8-10H2,(H,18,20). The zero-order chi connectivity index (χ0) is 14.2. The van der Waals surface area contributed by atoms with E-state index in [1.165, 1.54) is 34.6 Å². The highest BCUT2D eigenvalue weighted by molar-refractivity contribution is 7.12. The largest absolute Gasteiger partial charge is 0.371 e. The van der Waals surface area contributed by atoms with Crippen molar-refractivity contribution in [2.45, 2.75) is 25.3 Å². The minimum Gasteiger partial charge on any atom is -0.371 e. The molecule has 108 valence electrons. The average Bonchev–Trinajstić information content (AvgIpc) is 3.05. The van der Waals surface area contributed by atoms with Gasteiger partial charge in [0, 0.05) is 18.8 Å². The highest BCUT2D eigenvalue weighted by Crippen LogP contribution is 2.39. The third-order valence-corrected chi connectivity index (χ3v) is 5.32. The number of thiophene rings is 1. The summed E-state index contributed by atoms with van der Waals surface area (Å²) in [5.74, 6) is 0.0527. The zero-order valence-electron chi connectivity index (χ0n) is 11.8. The van der Waals surface area contributed by atoms with E-state index in [1.807, 2.05) is 17.5 Å². The predicted octanol–water partition coefficient (Wildman–Crippen LogP) is 3.38. The fourth-order valence-electron chi connectivity index (χ4n) is 3.50. The molecular formula is C17H18N2OS. The van der Waals surface area contributed by atoms with Gasteiger partial charge in [-0.2, -0.15) is 0 Å². The first kappa shape index (κ1) is 12.9. The van der Waals surface area contributed by atoms with Gasteiger partial charge >= 0.3 is 0 Å². The van der Waals surface area contributed by atoms with Gasteiger partial charge in [-0.25, -0.2) is 0 Å². The van der Waals surface area contributed by atoms with Gasteiger partial charge in [-0.05, 0) is 41.8 Å². The molecule has 1 N–H and O–H groups in total. The number of hydrogen-bond acceptors (Lipinski definition) is 3. The number of anilines is 1. The Hall–Kier alpha value is -1.81. The number of carbonyl (C=O) groups is 1. The lowest BCUT2D eigenvalue weighted by Gasteiger charge is -2.40. The van der Waals surface area contributed by atoms with Crippen LogP contribution in [0.2, 0.25) is 0 Å². The lowest BCUT2D eigenvalue weighted by molar-refractivity contribution is 0.0938. The summed E-state index contributed by atoms with van der Waals surface area (Å²) in [6.45, 7) is 2.19. The maximum Gasteiger partial charge on any atom is 0.261 e. The quantitative estimate of drug-likeness (QED) is 0.922. The molecule has 1 unspecified atom stereocenters. The summed E-state index contributed by atoms with van der Waals surface area (Å²) in [4.78, 5) is 15.6. The van der Waals surface area contributed by atoms with Crippen LogP contribution in [0.3, 0.4) is 0 Å². The molecule has 2 aliphatic rings. The van der Waals surface area contributed by atoms with Gasteiger partial charge in [0.05, 0.1) is 10.9 Å². The van der Waals surface area contributed by atoms with Crippen LogP contribution in [0.4, 0.5) is 5.69 Å². The highest BCUT2D eigenvalue weighted by Gasteiger charge is 2.30. The van der Waals surface area contributed by atoms with Crippen LogP contribution in [0, 0.1) is 0 Å². The third kappa shape index (κ3) is 2.23. The topological polar surface area (TPSA) is 32.3 Å². The molecule has 21 heavy (non-hydrogen) atoms. The molecule has 2 aromatic rings. The van der Waals surface area contributed by atoms with Crippen molar-refractivity contribution in [2.24, 2.45) is 0 Å². The molecule has 0 spiro atoms. The van der Waals surface area contributed by atoms with Crippen LogP contribution in [0.5, 0.6) is 0 Å². The van der Waals surface area contributed by atoms with Crippen molar-refractivity contribution >= 4 is 22.9 Å². The Labute approximate surface area is 128 Å². The number of benzene rings is 1. The van der Waals surface area contributed by atoms with Crippen LogP contribution >= 0.6 is 11.3 Å². The number of hydrogen-bond donors (Lipinski definition) is 1. The molecule has 4 rings (SSSR count). The molecule has 2 aliphatic heterocycles. The normalized spacial score (nSPS) is 20.0. The van der Waals surface area contributed by atoms with Gasteiger partial charge in [0.1, 0.15) is 0 Å². The Morgan fingerprint density at radius 1 is 1.24 bits per heavy atom. The van der Waals surface area contributed by atoms with Crippen molar-refractivity contribution in [2.75, 3.05) is 18.0 Å². The highest BCUT2D eigenvalue weighted by atomic mass is 32.1. The maximum absolute atomic E-state index is 12.3. The Kier molecular flexibility index (Phi) is 3.19. The molecule has 0 fully saturated rings. The van der Waals surface area contributed by atoms with E-state index in [9.17, 15) is 4.79 Å². The fraction of sp³-hybridized carbons (Fsp3) is 0.353. The van der Waals surface area contributed by atoms with Crippen LogP contribution in [-0.2, 0) is 6.42 Å². The summed E-state index contributed by atoms with van der Waals surface area (Å²) < 4.78 is 0. The minimum absolute atomic E-state index is 0.0527. The molecule has 3 nitrogen and oxygen atoms in total. The second-order valence-corrected chi connectivity index (χ2v) is 6.69. The summed E-state index contributed by atoms with van der Waals surface area (Å²) in [7, 11) is 0. The molecule has 4 heteroatoms. The van der Waals surface area contributed by atoms with E-state index in [4.69, 9.17) is 0 Å². The average molecular weight is 298 g/mol. The molecule has 0 aliphatic carbocycles. The first-order valence-electron chi connectivity index (χ1n) is 7.54. The lowest BCUT2D eigenvalue weighted by atomic mass is 9.89. The van der Waals surface area contributed by atoms with Crippen molar-refractivity contribution in [3.8, 4) is 0 Å². The number of aryl methyl sites for hydroxylation is 1. The molecular weight excluding hydrogens is 280 g/mol. The van der Waals surface area contributed by atoms with Gasteiger partial charge in [-0.15, -0.1) is 11.3 Å². The van der Waals surface area contributed by atoms with E-state index in [0.29, 0.717) is 0 Å². The van der Waals surface area contributed by atoms with Gasteiger partial charge in [-0.1, -0.05) is 24.3 Å². The molecule has 0 bridgehead atoms. The number of nitrogens with zero attached hydrogens (tertiary/aromatic N) is 1. The van der Waals surface area contributed by atoms with Crippen LogP contribution in [0.25, 0.3) is 0 Å². The van der Waals surface area contributed by atoms with Gasteiger partial charge in [0.15, 0.2) is 0 Å². The second kappa shape index (κ2) is 5.19. The van der Waals surface area contributed by atoms with E-state index in [0.717, 1.165) is 30.8 Å². The first-order chi connectivity index (χ1) is 10.3. The van der Waals surface area contributed by atoms with Crippen molar-refractivity contribution < 1.29 is 4.79 Å². The summed E-state index contributed by atoms with van der Waals surface area (Å²) in [6, 6.07) is 10.5. The number of amides is 1. The van der Waals surface area contributed by atoms with Crippen LogP contribution in [0.15, 0.2) is 35.7 Å². The molecule has 1 amide bonds. The van der Waals surface area contributed by atoms with E-state index >= 15 is 0 Å². The van der Waals surface area contributed by atoms with Gasteiger partial charge in [0.25, 0.3) is 5.91 Å². The predicted molar refractivity (Wildman–Crippen MR) is 86.1 cm³/mol. The Bertz CT molecular complexity index is 665. The van der Waals surface area contributed by atoms with Crippen molar-refractivity contribution in [1.82, 2.24) is 5.32 Å². The summed E-state index contributed by atoms with van der Waals surface area (Å²) in [6.07, 6.45) is 3.39. The van der Waals surface area contributed by atoms with E-state index in [-0.39, 0.29) is 11.9 Å². The first-order valence-corrected chi connectivity index (χ1v) is 8.42. The minimum atomic E-state index is 0.0527. The summed E-state index contributed by atoms with van der Waals surface area (Å²) in [5, 5.41) is 5.16. The summed E-state index contributed by atoms with van der Waals surface area (Å²) in [5.41, 5.74) is 4.11. The molecule has 1 aromatic heterocycles. The molecule has 1 aromatic carbocycles. The SMILES string of the molecule is O=C(NC1CCN2CCCc3cccc1c32)c1cccs1. The Morgan fingerprint density at radius 2 is 2.19 bits per heavy atom. The number of carbonyl (C=O) groups excluding carboxylic acids is 1. The van der Waals surface area contributed by atoms with Gasteiger partial charge in [-0.3, -0.25) is 4.79 Å². The van der Waals surface area contributed by atoms with Gasteiger partial charge in [0.2, 0.25) is 0 Å². The van der Waals surface area contributed by atoms with Crippen molar-refractivity contribution in [1.29, 1.82) is 0 Å². The molecule has 0 radical (unpaired) electrons. The fourth-order valence-corrected chi connectivity index (χ4v) is 4.13. The van der Waals surface area contributed by atoms with E-state index in [1.54, 1.807) is 0 Å². The Balaban J connectivity index is 1.65. The Morgan fingerprint density at radius 3 is 3.05 bits per heavy atom. The smallest absolute Gasteiger partial charge is 0.261 e. The summed E-state index contributed by atoms with van der Waals surface area (Å²) >= 11 is 1.50. The number of rotatable bonds is 2. The maximum atomic E-state index is 12.3. The van der Waals surface area contributed by atoms with E-state index in [2.05, 4.69) is 28.4 Å². The van der Waals surface area contributed by atoms with Crippen molar-refractivity contribution in [3.63, 3.8) is 0 Å². The van der Waals surface area contributed by atoms with Crippen LogP contribution in [-0.4, -0.2) is 19.0 Å². The molecule has 3 heterocycles. The lowest BCUT2D eigenvalue weighted by Crippen LogP contribution is -2.40. The van der Waals surface area contributed by atoms with Crippen LogP contribution < -0.4 is 10.2 Å². The monoisotopic (exact) mass is 298 g/mol. The molecule has 1 atom stereocenters. The zero-order valence-corrected chi connectivity index (χ0v) is 12.7. The molecule has 0 saturated carbocycles. The van der Waals surface area contributed by atoms with Gasteiger partial charge < -0.3 is 10.2 Å². The third-order valence-electron chi connectivity index (χ3n) is 4.45. The molecule has 0 saturated heterocycles. The second-order valence-electron chi connectivity index (χ2n) is 5.74. The number of nitrogens with one attached hydrogen (secondary N) is 1. The van der Waals surface area contributed by atoms with Crippen molar-refractivity contribution in [3.05, 3.63) is 51.7 Å². The van der Waals surface area contributed by atoms with Crippen LogP contribution in [0.1, 0.15) is 39.7 Å². The van der Waals surface area contributed by atoms with E-state index < -0.39 is 0 Å².